The summed E-state index contributed by atoms with van der Waals surface area (Å²) in [7, 11) is 1.30. The van der Waals surface area contributed by atoms with Crippen molar-refractivity contribution in [3.05, 3.63) is 23.9 Å². The highest BCUT2D eigenvalue weighted by atomic mass is 32.2. The number of amides is 2. The fraction of sp³-hybridized carbons (Fsp3) is 0.579. The average molecular weight is 407 g/mol. The Labute approximate surface area is 168 Å². The molecule has 2 amide bonds. The number of ether oxygens (including phenoxy) is 2. The van der Waals surface area contributed by atoms with E-state index in [1.165, 1.54) is 12.0 Å². The Morgan fingerprint density at radius 3 is 2.79 bits per heavy atom. The summed E-state index contributed by atoms with van der Waals surface area (Å²) in [6, 6.07) is 2.73. The van der Waals surface area contributed by atoms with Gasteiger partial charge in [0.15, 0.2) is 6.04 Å². The minimum atomic E-state index is -0.708. The smallest absolute Gasteiger partial charge is 0.410 e. The van der Waals surface area contributed by atoms with Gasteiger partial charge in [0.05, 0.1) is 12.7 Å². The fourth-order valence-corrected chi connectivity index (χ4v) is 4.38. The van der Waals surface area contributed by atoms with Crippen LogP contribution >= 0.6 is 11.8 Å². The van der Waals surface area contributed by atoms with Gasteiger partial charge in [0.1, 0.15) is 11.6 Å². The van der Waals surface area contributed by atoms with E-state index in [9.17, 15) is 14.4 Å². The maximum atomic E-state index is 13.0. The van der Waals surface area contributed by atoms with E-state index in [1.807, 2.05) is 6.07 Å². The highest BCUT2D eigenvalue weighted by Crippen LogP contribution is 2.27. The van der Waals surface area contributed by atoms with Crippen LogP contribution in [0.5, 0.6) is 0 Å². The molecule has 2 aliphatic heterocycles. The van der Waals surface area contributed by atoms with Crippen molar-refractivity contribution in [3.63, 3.8) is 0 Å². The summed E-state index contributed by atoms with van der Waals surface area (Å²) in [6.07, 6.45) is 3.39. The van der Waals surface area contributed by atoms with Gasteiger partial charge in [0.2, 0.25) is 0 Å². The van der Waals surface area contributed by atoms with Crippen LogP contribution in [0.2, 0.25) is 0 Å². The molecule has 3 rings (SSSR count). The van der Waals surface area contributed by atoms with Crippen LogP contribution in [-0.4, -0.2) is 77.4 Å². The van der Waals surface area contributed by atoms with Gasteiger partial charge in [-0.1, -0.05) is 6.92 Å². The fourth-order valence-electron chi connectivity index (χ4n) is 3.54. The van der Waals surface area contributed by atoms with E-state index >= 15 is 0 Å². The van der Waals surface area contributed by atoms with Crippen molar-refractivity contribution in [2.75, 3.05) is 32.6 Å². The second kappa shape index (κ2) is 9.27. The van der Waals surface area contributed by atoms with Gasteiger partial charge in [0, 0.05) is 25.3 Å². The second-order valence-corrected chi connectivity index (χ2v) is 7.83. The molecule has 2 saturated heterocycles. The Hall–Kier alpha value is -2.29. The highest BCUT2D eigenvalue weighted by molar-refractivity contribution is 7.99. The van der Waals surface area contributed by atoms with Gasteiger partial charge in [-0.2, -0.15) is 0 Å². The average Bonchev–Trinajstić information content (AvgIpc) is 3.13. The number of carbonyl (C=O) groups excluding carboxylic acids is 3. The largest absolute Gasteiger partial charge is 0.467 e. The zero-order valence-corrected chi connectivity index (χ0v) is 16.9. The molecule has 0 aromatic carbocycles. The van der Waals surface area contributed by atoms with Crippen molar-refractivity contribution >= 4 is 29.7 Å². The molecule has 0 saturated carbocycles. The van der Waals surface area contributed by atoms with E-state index in [2.05, 4.69) is 11.9 Å². The normalized spacial score (nSPS) is 20.2. The molecule has 1 atom stereocenters. The van der Waals surface area contributed by atoms with Crippen LogP contribution in [-0.2, 0) is 14.3 Å². The third-order valence-corrected chi connectivity index (χ3v) is 6.19. The van der Waals surface area contributed by atoms with Crippen LogP contribution in [0, 0.1) is 0 Å². The molecule has 3 heterocycles. The summed E-state index contributed by atoms with van der Waals surface area (Å²) in [5.74, 6) is 0.390. The molecule has 152 valence electrons. The molecule has 1 unspecified atom stereocenters. The zero-order valence-electron chi connectivity index (χ0n) is 16.1. The van der Waals surface area contributed by atoms with E-state index in [0.717, 1.165) is 17.2 Å². The molecule has 0 bridgehead atoms. The van der Waals surface area contributed by atoms with E-state index in [4.69, 9.17) is 9.47 Å². The first-order valence-electron chi connectivity index (χ1n) is 9.46. The topological polar surface area (TPSA) is 89.0 Å². The zero-order chi connectivity index (χ0) is 20.1. The minimum absolute atomic E-state index is 0.0122. The number of esters is 1. The molecular formula is C19H25N3O5S. The molecule has 0 aliphatic carbocycles. The number of thioether (sulfide) groups is 1. The van der Waals surface area contributed by atoms with Gasteiger partial charge in [-0.25, -0.2) is 14.6 Å². The van der Waals surface area contributed by atoms with Crippen LogP contribution in [0.3, 0.4) is 0 Å². The molecule has 1 aromatic rings. The summed E-state index contributed by atoms with van der Waals surface area (Å²) < 4.78 is 9.83. The molecule has 0 N–H and O–H groups in total. The van der Waals surface area contributed by atoms with Crippen molar-refractivity contribution in [1.82, 2.24) is 14.8 Å². The molecule has 8 nitrogen and oxygen atoms in total. The molecule has 0 spiro atoms. The number of hydrogen-bond acceptors (Lipinski definition) is 7. The number of cyclic esters (lactones) is 1. The van der Waals surface area contributed by atoms with Gasteiger partial charge in [-0.3, -0.25) is 9.69 Å². The number of carbonyl (C=O) groups is 3. The third kappa shape index (κ3) is 4.24. The van der Waals surface area contributed by atoms with Crippen LogP contribution < -0.4 is 0 Å². The molecule has 1 aromatic heterocycles. The summed E-state index contributed by atoms with van der Waals surface area (Å²) in [5.41, 5.74) is 0.618. The van der Waals surface area contributed by atoms with E-state index in [-0.39, 0.29) is 18.6 Å². The maximum absolute atomic E-state index is 13.0. The number of methoxy groups -OCH3 is 1. The summed E-state index contributed by atoms with van der Waals surface area (Å²) >= 11 is 1.59. The van der Waals surface area contributed by atoms with Crippen molar-refractivity contribution in [2.24, 2.45) is 0 Å². The highest BCUT2D eigenvalue weighted by Gasteiger charge is 2.44. The molecule has 28 heavy (non-hydrogen) atoms. The van der Waals surface area contributed by atoms with Crippen LogP contribution in [0.15, 0.2) is 23.4 Å². The Bertz CT molecular complexity index is 736. The number of aromatic nitrogens is 1. The number of piperidine rings is 1. The summed E-state index contributed by atoms with van der Waals surface area (Å²) in [4.78, 5) is 44.6. The second-order valence-electron chi connectivity index (χ2n) is 6.75. The van der Waals surface area contributed by atoms with Gasteiger partial charge in [-0.15, -0.1) is 11.8 Å². The number of pyridine rings is 1. The van der Waals surface area contributed by atoms with Crippen LogP contribution in [0.1, 0.15) is 36.5 Å². The Morgan fingerprint density at radius 1 is 1.36 bits per heavy atom. The monoisotopic (exact) mass is 407 g/mol. The molecule has 2 aliphatic rings. The lowest BCUT2D eigenvalue weighted by Gasteiger charge is -2.37. The van der Waals surface area contributed by atoms with Gasteiger partial charge < -0.3 is 14.4 Å². The first-order valence-corrected chi connectivity index (χ1v) is 10.4. The van der Waals surface area contributed by atoms with E-state index in [1.54, 1.807) is 28.9 Å². The van der Waals surface area contributed by atoms with Crippen molar-refractivity contribution in [3.8, 4) is 0 Å². The molecule has 9 heteroatoms. The Kier molecular flexibility index (Phi) is 6.77. The first-order chi connectivity index (χ1) is 13.6. The van der Waals surface area contributed by atoms with Crippen molar-refractivity contribution in [2.45, 2.75) is 43.3 Å². The lowest BCUT2D eigenvalue weighted by molar-refractivity contribution is -0.145. The number of hydrogen-bond donors (Lipinski definition) is 0. The maximum Gasteiger partial charge on any atom is 0.410 e. The minimum Gasteiger partial charge on any atom is -0.467 e. The predicted molar refractivity (Wildman–Crippen MR) is 103 cm³/mol. The lowest BCUT2D eigenvalue weighted by atomic mass is 10.0. The summed E-state index contributed by atoms with van der Waals surface area (Å²) in [6.45, 7) is 3.12. The molecular weight excluding hydrogens is 382 g/mol. The Morgan fingerprint density at radius 2 is 2.11 bits per heavy atom. The van der Waals surface area contributed by atoms with Crippen LogP contribution in [0.25, 0.3) is 0 Å². The van der Waals surface area contributed by atoms with Gasteiger partial charge >= 0.3 is 12.1 Å². The first kappa shape index (κ1) is 20.4. The van der Waals surface area contributed by atoms with E-state index in [0.29, 0.717) is 31.5 Å². The van der Waals surface area contributed by atoms with Crippen LogP contribution in [0.4, 0.5) is 4.79 Å². The Balaban J connectivity index is 1.65. The number of rotatable bonds is 6. The number of likely N-dealkylation sites (tertiary alicyclic amines) is 1. The van der Waals surface area contributed by atoms with Crippen molar-refractivity contribution < 1.29 is 23.9 Å². The molecule has 0 radical (unpaired) electrons. The third-order valence-electron chi connectivity index (χ3n) is 4.97. The molecule has 2 fully saturated rings. The number of nitrogens with zero attached hydrogens (tertiary/aromatic N) is 3. The van der Waals surface area contributed by atoms with Gasteiger partial charge in [0.25, 0.3) is 5.91 Å². The quantitative estimate of drug-likeness (QED) is 0.527. The van der Waals surface area contributed by atoms with E-state index < -0.39 is 18.1 Å². The standard InChI is InChI=1S/C19H25N3O5S/c1-3-11-28-16-14(5-4-8-20-16)17(23)21-9-6-13(7-10-21)22-15(18(24)26-2)12-27-19(22)25/h4-5,8,13,15H,3,6-7,9-12H2,1-2H3. The SMILES string of the molecule is CCCSc1ncccc1C(=O)N1CCC(N2C(=O)OCC2C(=O)OC)CC1. The van der Waals surface area contributed by atoms with Gasteiger partial charge in [-0.05, 0) is 37.1 Å². The lowest BCUT2D eigenvalue weighted by Crippen LogP contribution is -2.52. The van der Waals surface area contributed by atoms with Crippen molar-refractivity contribution in [1.29, 1.82) is 0 Å². The summed E-state index contributed by atoms with van der Waals surface area (Å²) in [5, 5.41) is 0.755. The predicted octanol–water partition coefficient (Wildman–Crippen LogP) is 2.18.